The lowest BCUT2D eigenvalue weighted by molar-refractivity contribution is 0.459. The van der Waals surface area contributed by atoms with Crippen LogP contribution in [0.1, 0.15) is 24.4 Å². The highest BCUT2D eigenvalue weighted by molar-refractivity contribution is 7.89. The molecular weight excluding hydrogens is 266 g/mol. The molecule has 2 aromatic rings. The molecule has 2 aromatic heterocycles. The third-order valence-corrected chi connectivity index (χ3v) is 4.04. The summed E-state index contributed by atoms with van der Waals surface area (Å²) in [5, 5.41) is 8.88. The van der Waals surface area contributed by atoms with Gasteiger partial charge in [-0.3, -0.25) is 0 Å². The van der Waals surface area contributed by atoms with Gasteiger partial charge in [-0.25, -0.2) is 18.1 Å². The van der Waals surface area contributed by atoms with E-state index in [2.05, 4.69) is 9.71 Å². The van der Waals surface area contributed by atoms with E-state index in [1.807, 2.05) is 0 Å². The van der Waals surface area contributed by atoms with Gasteiger partial charge in [0.25, 0.3) is 0 Å². The van der Waals surface area contributed by atoms with Crippen LogP contribution in [-0.2, 0) is 10.0 Å². The lowest BCUT2D eigenvalue weighted by Gasteiger charge is -2.12. The largest absolute Gasteiger partial charge is 0.468 e. The molecule has 1 atom stereocenters. The van der Waals surface area contributed by atoms with Crippen molar-refractivity contribution in [3.8, 4) is 6.07 Å². The molecule has 6 nitrogen and oxygen atoms in total. The predicted octanol–water partition coefficient (Wildman–Crippen LogP) is 1.59. The van der Waals surface area contributed by atoms with Gasteiger partial charge in [0.05, 0.1) is 12.3 Å². The van der Waals surface area contributed by atoms with Crippen molar-refractivity contribution in [2.75, 3.05) is 0 Å². The topological polar surface area (TPSA) is 96.0 Å². The van der Waals surface area contributed by atoms with Crippen LogP contribution in [0.3, 0.4) is 0 Å². The molecule has 0 fully saturated rings. The zero-order chi connectivity index (χ0) is 13.9. The maximum atomic E-state index is 12.2. The summed E-state index contributed by atoms with van der Waals surface area (Å²) in [4.78, 5) is 3.59. The summed E-state index contributed by atoms with van der Waals surface area (Å²) in [6, 6.07) is 7.36. The lowest BCUT2D eigenvalue weighted by atomic mass is 10.3. The van der Waals surface area contributed by atoms with Crippen LogP contribution >= 0.6 is 0 Å². The smallest absolute Gasteiger partial charge is 0.244 e. The molecule has 19 heavy (non-hydrogen) atoms. The number of nitriles is 1. The van der Waals surface area contributed by atoms with Gasteiger partial charge >= 0.3 is 0 Å². The molecule has 0 aromatic carbocycles. The van der Waals surface area contributed by atoms with E-state index in [0.29, 0.717) is 5.76 Å². The van der Waals surface area contributed by atoms with Gasteiger partial charge < -0.3 is 4.42 Å². The van der Waals surface area contributed by atoms with E-state index in [1.54, 1.807) is 25.1 Å². The van der Waals surface area contributed by atoms with E-state index in [-0.39, 0.29) is 10.6 Å². The van der Waals surface area contributed by atoms with E-state index < -0.39 is 16.1 Å². The number of nitrogens with zero attached hydrogens (tertiary/aromatic N) is 2. The van der Waals surface area contributed by atoms with Crippen molar-refractivity contribution in [2.45, 2.75) is 17.9 Å². The number of hydrogen-bond donors (Lipinski definition) is 1. The number of sulfonamides is 1. The number of nitrogens with one attached hydrogen (secondary N) is 1. The third kappa shape index (κ3) is 2.81. The molecule has 2 heterocycles. The Morgan fingerprint density at radius 1 is 1.42 bits per heavy atom. The molecular formula is C12H11N3O3S. The van der Waals surface area contributed by atoms with E-state index >= 15 is 0 Å². The molecule has 0 aliphatic heterocycles. The summed E-state index contributed by atoms with van der Waals surface area (Å²) >= 11 is 0. The Bertz CT molecular complexity index is 702. The zero-order valence-electron chi connectivity index (χ0n) is 10.1. The van der Waals surface area contributed by atoms with Crippen molar-refractivity contribution < 1.29 is 12.8 Å². The molecule has 0 amide bonds. The molecule has 0 bridgehead atoms. The standard InChI is InChI=1S/C12H11N3O3S/c1-9(11-4-3-7-18-11)15-19(16,17)12-5-2-6-14-10(12)8-13/h2-7,9,15H,1H3. The fourth-order valence-electron chi connectivity index (χ4n) is 1.58. The number of aromatic nitrogens is 1. The number of furan rings is 1. The highest BCUT2D eigenvalue weighted by atomic mass is 32.2. The summed E-state index contributed by atoms with van der Waals surface area (Å²) in [6.45, 7) is 1.65. The first-order valence-corrected chi connectivity index (χ1v) is 6.94. The van der Waals surface area contributed by atoms with Gasteiger partial charge in [-0.1, -0.05) is 0 Å². The van der Waals surface area contributed by atoms with Gasteiger partial charge in [0, 0.05) is 6.20 Å². The van der Waals surface area contributed by atoms with Crippen LogP contribution < -0.4 is 4.72 Å². The summed E-state index contributed by atoms with van der Waals surface area (Å²) in [5.74, 6) is 0.492. The molecule has 0 spiro atoms. The fourth-order valence-corrected chi connectivity index (χ4v) is 2.90. The van der Waals surface area contributed by atoms with E-state index in [1.165, 1.54) is 24.6 Å². The molecule has 0 aliphatic rings. The molecule has 0 saturated heterocycles. The summed E-state index contributed by atoms with van der Waals surface area (Å²) < 4.78 is 31.9. The Morgan fingerprint density at radius 3 is 2.84 bits per heavy atom. The van der Waals surface area contributed by atoms with Crippen LogP contribution in [0.2, 0.25) is 0 Å². The first kappa shape index (κ1) is 13.3. The first-order chi connectivity index (χ1) is 9.04. The summed E-state index contributed by atoms with van der Waals surface area (Å²) in [6.07, 6.45) is 2.83. The monoisotopic (exact) mass is 277 g/mol. The minimum Gasteiger partial charge on any atom is -0.468 e. The van der Waals surface area contributed by atoms with Crippen LogP contribution in [0.4, 0.5) is 0 Å². The Balaban J connectivity index is 2.31. The van der Waals surface area contributed by atoms with Crippen LogP contribution in [0, 0.1) is 11.3 Å². The maximum Gasteiger partial charge on any atom is 0.244 e. The molecule has 7 heteroatoms. The van der Waals surface area contributed by atoms with Crippen LogP contribution in [0.5, 0.6) is 0 Å². The predicted molar refractivity (Wildman–Crippen MR) is 66.4 cm³/mol. The molecule has 1 N–H and O–H groups in total. The van der Waals surface area contributed by atoms with E-state index in [9.17, 15) is 8.42 Å². The highest BCUT2D eigenvalue weighted by Gasteiger charge is 2.23. The number of hydrogen-bond acceptors (Lipinski definition) is 5. The van der Waals surface area contributed by atoms with Crippen LogP contribution in [0.15, 0.2) is 46.0 Å². The second kappa shape index (κ2) is 5.22. The SMILES string of the molecule is CC(NS(=O)(=O)c1cccnc1C#N)c1ccco1. The Labute approximate surface area is 110 Å². The molecule has 98 valence electrons. The highest BCUT2D eigenvalue weighted by Crippen LogP contribution is 2.18. The van der Waals surface area contributed by atoms with Crippen LogP contribution in [-0.4, -0.2) is 13.4 Å². The van der Waals surface area contributed by atoms with Crippen LogP contribution in [0.25, 0.3) is 0 Å². The molecule has 0 saturated carbocycles. The third-order valence-electron chi connectivity index (χ3n) is 2.47. The normalized spacial score (nSPS) is 12.8. The minimum atomic E-state index is -3.82. The average Bonchev–Trinajstić information content (AvgIpc) is 2.92. The molecule has 1 unspecified atom stereocenters. The first-order valence-electron chi connectivity index (χ1n) is 5.45. The van der Waals surface area contributed by atoms with Gasteiger partial charge in [-0.05, 0) is 31.2 Å². The lowest BCUT2D eigenvalue weighted by Crippen LogP contribution is -2.27. The van der Waals surface area contributed by atoms with Gasteiger partial charge in [0.15, 0.2) is 5.69 Å². The van der Waals surface area contributed by atoms with E-state index in [0.717, 1.165) is 0 Å². The van der Waals surface area contributed by atoms with Crippen molar-refractivity contribution in [2.24, 2.45) is 0 Å². The summed E-state index contributed by atoms with van der Waals surface area (Å²) in [7, 11) is -3.82. The van der Waals surface area contributed by atoms with Gasteiger partial charge in [0.1, 0.15) is 16.7 Å². The Morgan fingerprint density at radius 2 is 2.21 bits per heavy atom. The average molecular weight is 277 g/mol. The Kier molecular flexibility index (Phi) is 3.64. The molecule has 0 radical (unpaired) electrons. The maximum absolute atomic E-state index is 12.2. The number of rotatable bonds is 4. The Hall–Kier alpha value is -2.17. The van der Waals surface area contributed by atoms with Gasteiger partial charge in [0.2, 0.25) is 10.0 Å². The van der Waals surface area contributed by atoms with Crippen molar-refractivity contribution in [3.05, 3.63) is 48.2 Å². The van der Waals surface area contributed by atoms with Crippen molar-refractivity contribution in [1.29, 1.82) is 5.26 Å². The molecule has 0 aliphatic carbocycles. The van der Waals surface area contributed by atoms with E-state index in [4.69, 9.17) is 9.68 Å². The van der Waals surface area contributed by atoms with Crippen molar-refractivity contribution in [1.82, 2.24) is 9.71 Å². The van der Waals surface area contributed by atoms with Crippen molar-refractivity contribution in [3.63, 3.8) is 0 Å². The van der Waals surface area contributed by atoms with Gasteiger partial charge in [-0.2, -0.15) is 5.26 Å². The second-order valence-corrected chi connectivity index (χ2v) is 5.50. The summed E-state index contributed by atoms with van der Waals surface area (Å²) in [5.41, 5.74) is -0.137. The molecule has 2 rings (SSSR count). The number of pyridine rings is 1. The zero-order valence-corrected chi connectivity index (χ0v) is 10.9. The second-order valence-electron chi connectivity index (χ2n) is 3.82. The minimum absolute atomic E-state index is 0.137. The quantitative estimate of drug-likeness (QED) is 0.915. The van der Waals surface area contributed by atoms with Crippen molar-refractivity contribution >= 4 is 10.0 Å². The fraction of sp³-hybridized carbons (Fsp3) is 0.167. The van der Waals surface area contributed by atoms with Gasteiger partial charge in [-0.15, -0.1) is 0 Å².